The van der Waals surface area contributed by atoms with E-state index in [-0.39, 0.29) is 5.92 Å². The molecule has 0 aliphatic carbocycles. The number of likely N-dealkylation sites (tertiary alicyclic amines) is 1. The highest BCUT2D eigenvalue weighted by atomic mass is 16.2. The molecule has 6 heteroatoms. The zero-order valence-electron chi connectivity index (χ0n) is 14.2. The first-order valence-electron chi connectivity index (χ1n) is 8.68. The van der Waals surface area contributed by atoms with E-state index in [1.807, 2.05) is 25.1 Å². The van der Waals surface area contributed by atoms with Crippen LogP contribution in [-0.4, -0.2) is 61.0 Å². The van der Waals surface area contributed by atoms with Crippen LogP contribution in [0.3, 0.4) is 0 Å². The topological polar surface area (TPSA) is 52.6 Å². The van der Waals surface area contributed by atoms with Crippen molar-refractivity contribution in [2.45, 2.75) is 32.1 Å². The van der Waals surface area contributed by atoms with Gasteiger partial charge in [-0.15, -0.1) is 0 Å². The zero-order valence-corrected chi connectivity index (χ0v) is 14.2. The Balaban J connectivity index is 1.57. The molecule has 1 aromatic heterocycles. The minimum Gasteiger partial charge on any atom is -0.363 e. The van der Waals surface area contributed by atoms with Gasteiger partial charge < -0.3 is 14.7 Å². The molecule has 3 rings (SSSR count). The molecular weight excluding hydrogens is 290 g/mol. The van der Waals surface area contributed by atoms with Crippen molar-refractivity contribution in [3.63, 3.8) is 0 Å². The summed E-state index contributed by atoms with van der Waals surface area (Å²) in [4.78, 5) is 27.6. The molecule has 2 saturated heterocycles. The van der Waals surface area contributed by atoms with Gasteiger partial charge in [0.25, 0.3) is 0 Å². The fraction of sp³-hybridized carbons (Fsp3) is 0.706. The number of piperidine rings is 2. The van der Waals surface area contributed by atoms with Crippen LogP contribution in [0.5, 0.6) is 0 Å². The maximum atomic E-state index is 12.6. The number of anilines is 2. The van der Waals surface area contributed by atoms with E-state index in [2.05, 4.69) is 19.8 Å². The number of aromatic nitrogens is 2. The molecule has 2 aliphatic heterocycles. The van der Waals surface area contributed by atoms with Crippen LogP contribution < -0.4 is 9.80 Å². The molecule has 23 heavy (non-hydrogen) atoms. The fourth-order valence-electron chi connectivity index (χ4n) is 3.48. The average Bonchev–Trinajstić information content (AvgIpc) is 2.62. The van der Waals surface area contributed by atoms with Gasteiger partial charge in [-0.1, -0.05) is 0 Å². The second-order valence-corrected chi connectivity index (χ2v) is 6.78. The normalized spacial score (nSPS) is 19.7. The lowest BCUT2D eigenvalue weighted by Crippen LogP contribution is -2.44. The van der Waals surface area contributed by atoms with Crippen molar-refractivity contribution >= 4 is 17.5 Å². The Labute approximate surface area is 138 Å². The van der Waals surface area contributed by atoms with Crippen LogP contribution in [0.2, 0.25) is 0 Å². The van der Waals surface area contributed by atoms with Crippen LogP contribution in [0.25, 0.3) is 0 Å². The molecule has 0 N–H and O–H groups in total. The predicted octanol–water partition coefficient (Wildman–Crippen LogP) is 1.77. The largest absolute Gasteiger partial charge is 0.363 e. The molecule has 3 heterocycles. The quantitative estimate of drug-likeness (QED) is 0.850. The van der Waals surface area contributed by atoms with Gasteiger partial charge in [-0.25, -0.2) is 9.97 Å². The molecular formula is C17H27N5O. The van der Waals surface area contributed by atoms with E-state index in [9.17, 15) is 4.79 Å². The second-order valence-electron chi connectivity index (χ2n) is 6.78. The number of rotatable bonds is 3. The number of carbonyl (C=O) groups excluding carboxylic acids is 1. The number of hydrogen-bond acceptors (Lipinski definition) is 5. The van der Waals surface area contributed by atoms with Gasteiger partial charge in [0.1, 0.15) is 18.0 Å². The molecule has 1 amide bonds. The van der Waals surface area contributed by atoms with Crippen LogP contribution in [0.4, 0.5) is 11.6 Å². The predicted molar refractivity (Wildman–Crippen MR) is 91.7 cm³/mol. The SMILES string of the molecule is CN(C)c1cc(N2CCC(C(=O)N3CCCCC3)CC2)ncn1. The molecule has 0 aromatic carbocycles. The summed E-state index contributed by atoms with van der Waals surface area (Å²) in [6.45, 7) is 3.70. The summed E-state index contributed by atoms with van der Waals surface area (Å²) < 4.78 is 0. The number of amides is 1. The van der Waals surface area contributed by atoms with Crippen molar-refractivity contribution < 1.29 is 4.79 Å². The number of carbonyl (C=O) groups is 1. The third-order valence-electron chi connectivity index (χ3n) is 4.93. The monoisotopic (exact) mass is 317 g/mol. The van der Waals surface area contributed by atoms with Gasteiger partial charge >= 0.3 is 0 Å². The van der Waals surface area contributed by atoms with Crippen molar-refractivity contribution in [2.75, 3.05) is 50.1 Å². The number of hydrogen-bond donors (Lipinski definition) is 0. The van der Waals surface area contributed by atoms with Crippen LogP contribution in [-0.2, 0) is 4.79 Å². The summed E-state index contributed by atoms with van der Waals surface area (Å²) >= 11 is 0. The third-order valence-corrected chi connectivity index (χ3v) is 4.93. The van der Waals surface area contributed by atoms with Gasteiger partial charge in [0.05, 0.1) is 0 Å². The highest BCUT2D eigenvalue weighted by Gasteiger charge is 2.29. The summed E-state index contributed by atoms with van der Waals surface area (Å²) in [5, 5.41) is 0. The van der Waals surface area contributed by atoms with E-state index in [1.165, 1.54) is 19.3 Å². The van der Waals surface area contributed by atoms with E-state index in [4.69, 9.17) is 0 Å². The lowest BCUT2D eigenvalue weighted by molar-refractivity contribution is -0.137. The van der Waals surface area contributed by atoms with Gasteiger partial charge in [0.2, 0.25) is 5.91 Å². The van der Waals surface area contributed by atoms with Gasteiger partial charge in [0.15, 0.2) is 0 Å². The van der Waals surface area contributed by atoms with Crippen LogP contribution in [0.15, 0.2) is 12.4 Å². The lowest BCUT2D eigenvalue weighted by atomic mass is 9.94. The Morgan fingerprint density at radius 1 is 1.09 bits per heavy atom. The summed E-state index contributed by atoms with van der Waals surface area (Å²) in [5.74, 6) is 2.45. The average molecular weight is 317 g/mol. The molecule has 0 unspecified atom stereocenters. The Morgan fingerprint density at radius 2 is 1.78 bits per heavy atom. The van der Waals surface area contributed by atoms with E-state index >= 15 is 0 Å². The lowest BCUT2D eigenvalue weighted by Gasteiger charge is -2.36. The van der Waals surface area contributed by atoms with Gasteiger partial charge in [-0.3, -0.25) is 4.79 Å². The maximum Gasteiger partial charge on any atom is 0.225 e. The second kappa shape index (κ2) is 7.15. The molecule has 0 bridgehead atoms. The summed E-state index contributed by atoms with van der Waals surface area (Å²) in [5.41, 5.74) is 0. The number of nitrogens with zero attached hydrogens (tertiary/aromatic N) is 5. The van der Waals surface area contributed by atoms with E-state index < -0.39 is 0 Å². The van der Waals surface area contributed by atoms with Crippen molar-refractivity contribution in [1.82, 2.24) is 14.9 Å². The van der Waals surface area contributed by atoms with Gasteiger partial charge in [-0.05, 0) is 32.1 Å². The molecule has 2 aliphatic rings. The standard InChI is InChI=1S/C17H27N5O/c1-20(2)15-12-16(19-13-18-15)21-10-6-14(7-11-21)17(23)22-8-4-3-5-9-22/h12-14H,3-11H2,1-2H3. The molecule has 0 atom stereocenters. The van der Waals surface area contributed by atoms with Crippen molar-refractivity contribution in [3.05, 3.63) is 12.4 Å². The Morgan fingerprint density at radius 3 is 2.43 bits per heavy atom. The molecule has 2 fully saturated rings. The first-order chi connectivity index (χ1) is 11.1. The maximum absolute atomic E-state index is 12.6. The summed E-state index contributed by atoms with van der Waals surface area (Å²) in [7, 11) is 3.96. The first-order valence-corrected chi connectivity index (χ1v) is 8.68. The third kappa shape index (κ3) is 3.74. The molecule has 6 nitrogen and oxygen atoms in total. The minimum atomic E-state index is 0.194. The highest BCUT2D eigenvalue weighted by molar-refractivity contribution is 5.79. The zero-order chi connectivity index (χ0) is 16.2. The van der Waals surface area contributed by atoms with Crippen molar-refractivity contribution in [2.24, 2.45) is 5.92 Å². The summed E-state index contributed by atoms with van der Waals surface area (Å²) in [6.07, 6.45) is 7.07. The molecule has 1 aromatic rings. The first kappa shape index (κ1) is 16.0. The molecule has 0 radical (unpaired) electrons. The molecule has 0 saturated carbocycles. The Hall–Kier alpha value is -1.85. The van der Waals surface area contributed by atoms with Crippen molar-refractivity contribution in [3.8, 4) is 0 Å². The minimum absolute atomic E-state index is 0.194. The highest BCUT2D eigenvalue weighted by Crippen LogP contribution is 2.25. The summed E-state index contributed by atoms with van der Waals surface area (Å²) in [6, 6.07) is 2.02. The molecule has 0 spiro atoms. The molecule has 126 valence electrons. The van der Waals surface area contributed by atoms with Crippen LogP contribution in [0, 0.1) is 5.92 Å². The van der Waals surface area contributed by atoms with Crippen LogP contribution in [0.1, 0.15) is 32.1 Å². The van der Waals surface area contributed by atoms with Crippen LogP contribution >= 0.6 is 0 Å². The van der Waals surface area contributed by atoms with Gasteiger partial charge in [-0.2, -0.15) is 0 Å². The van der Waals surface area contributed by atoms with E-state index in [1.54, 1.807) is 6.33 Å². The van der Waals surface area contributed by atoms with E-state index in [0.717, 1.165) is 50.7 Å². The smallest absolute Gasteiger partial charge is 0.225 e. The fourth-order valence-corrected chi connectivity index (χ4v) is 3.48. The Kier molecular flexibility index (Phi) is 4.98. The van der Waals surface area contributed by atoms with Gasteiger partial charge in [0, 0.05) is 52.3 Å². The Bertz CT molecular complexity index is 534. The van der Waals surface area contributed by atoms with Crippen molar-refractivity contribution in [1.29, 1.82) is 0 Å². The van der Waals surface area contributed by atoms with E-state index in [0.29, 0.717) is 5.91 Å².